The van der Waals surface area contributed by atoms with Crippen LogP contribution in [-0.2, 0) is 0 Å². The molecule has 0 N–H and O–H groups in total. The van der Waals surface area contributed by atoms with Crippen molar-refractivity contribution in [3.63, 3.8) is 0 Å². The van der Waals surface area contributed by atoms with Gasteiger partial charge in [0.25, 0.3) is 0 Å². The molecule has 5 aromatic rings. The summed E-state index contributed by atoms with van der Waals surface area (Å²) in [5.74, 6) is -0.315. The molecule has 0 fully saturated rings. The molecule has 0 spiro atoms. The van der Waals surface area contributed by atoms with Gasteiger partial charge in [0.15, 0.2) is 5.65 Å². The molecule has 0 aliphatic rings. The van der Waals surface area contributed by atoms with Crippen LogP contribution in [0.2, 0.25) is 0 Å². The van der Waals surface area contributed by atoms with E-state index < -0.39 is 0 Å². The zero-order valence-corrected chi connectivity index (χ0v) is 17.8. The number of nitriles is 1. The number of nitrogens with zero attached hydrogens (tertiary/aromatic N) is 3. The third kappa shape index (κ3) is 3.41. The fraction of sp³-hybridized carbons (Fsp3) is 0. The molecule has 0 aliphatic heterocycles. The number of benzene rings is 3. The van der Waals surface area contributed by atoms with Crippen molar-refractivity contribution < 1.29 is 4.39 Å². The second kappa shape index (κ2) is 7.82. The van der Waals surface area contributed by atoms with Crippen LogP contribution in [0, 0.1) is 17.1 Å². The Labute approximate surface area is 186 Å². The molecule has 5 rings (SSSR count). The van der Waals surface area contributed by atoms with Crippen LogP contribution >= 0.6 is 15.9 Å². The average Bonchev–Trinajstić information content (AvgIpc) is 3.17. The van der Waals surface area contributed by atoms with Gasteiger partial charge in [0.1, 0.15) is 17.4 Å². The third-order valence-electron chi connectivity index (χ3n) is 5.19. The summed E-state index contributed by atoms with van der Waals surface area (Å²) in [4.78, 5) is 4.73. The first kappa shape index (κ1) is 19.2. The summed E-state index contributed by atoms with van der Waals surface area (Å²) in [6.07, 6.45) is 3.86. The first-order chi connectivity index (χ1) is 15.2. The lowest BCUT2D eigenvalue weighted by atomic mass is 10.0. The minimum absolute atomic E-state index is 0.315. The van der Waals surface area contributed by atoms with E-state index in [2.05, 4.69) is 22.0 Å². The van der Waals surface area contributed by atoms with Gasteiger partial charge in [-0.3, -0.25) is 4.40 Å². The second-order valence-corrected chi connectivity index (χ2v) is 7.95. The topological polar surface area (TPSA) is 41.1 Å². The molecular formula is C26H15BrFN3. The molecule has 148 valence electrons. The number of para-hydroxylation sites is 2. The highest BCUT2D eigenvalue weighted by Gasteiger charge is 2.17. The average molecular weight is 468 g/mol. The summed E-state index contributed by atoms with van der Waals surface area (Å²) in [5, 5.41) is 9.99. The first-order valence-corrected chi connectivity index (χ1v) is 10.5. The number of pyridine rings is 1. The monoisotopic (exact) mass is 467 g/mol. The number of hydrogen-bond acceptors (Lipinski definition) is 2. The van der Waals surface area contributed by atoms with Gasteiger partial charge in [-0.05, 0) is 47.5 Å². The Hall–Kier alpha value is -3.75. The summed E-state index contributed by atoms with van der Waals surface area (Å²) in [5.41, 5.74) is 5.88. The maximum absolute atomic E-state index is 14.1. The van der Waals surface area contributed by atoms with E-state index in [4.69, 9.17) is 4.98 Å². The van der Waals surface area contributed by atoms with Crippen LogP contribution < -0.4 is 0 Å². The van der Waals surface area contributed by atoms with Crippen molar-refractivity contribution in [1.29, 1.82) is 5.26 Å². The Morgan fingerprint density at radius 3 is 2.48 bits per heavy atom. The third-order valence-corrected chi connectivity index (χ3v) is 5.91. The largest absolute Gasteiger partial charge is 0.291 e. The smallest absolute Gasteiger partial charge is 0.157 e. The minimum atomic E-state index is -0.315. The Bertz CT molecular complexity index is 1530. The van der Waals surface area contributed by atoms with Crippen molar-refractivity contribution >= 4 is 44.8 Å². The maximum atomic E-state index is 14.1. The molecule has 2 heterocycles. The zero-order chi connectivity index (χ0) is 21.4. The van der Waals surface area contributed by atoms with Crippen molar-refractivity contribution in [3.05, 3.63) is 106 Å². The molecule has 0 saturated carbocycles. The molecule has 0 unspecified atom stereocenters. The molecule has 0 atom stereocenters. The molecular weight excluding hydrogens is 453 g/mol. The van der Waals surface area contributed by atoms with Gasteiger partial charge in [-0.15, -0.1) is 0 Å². The lowest BCUT2D eigenvalue weighted by Gasteiger charge is -2.11. The highest BCUT2D eigenvalue weighted by Crippen LogP contribution is 2.31. The standard InChI is InChI=1S/C26H15BrFN3/c27-22-9-2-1-6-17(22)12-13-18-15-25(19-7-5-8-20(28)14-19)31-24-11-4-3-10-23(24)30-26(31)21(18)16-29/h1-15H. The fourth-order valence-electron chi connectivity index (χ4n) is 3.75. The normalized spacial score (nSPS) is 11.4. The summed E-state index contributed by atoms with van der Waals surface area (Å²) < 4.78 is 16.9. The Morgan fingerprint density at radius 2 is 1.68 bits per heavy atom. The van der Waals surface area contributed by atoms with Gasteiger partial charge in [-0.25, -0.2) is 9.37 Å². The van der Waals surface area contributed by atoms with E-state index >= 15 is 0 Å². The van der Waals surface area contributed by atoms with E-state index in [9.17, 15) is 9.65 Å². The number of hydrogen-bond donors (Lipinski definition) is 0. The lowest BCUT2D eigenvalue weighted by molar-refractivity contribution is 0.628. The molecule has 2 aromatic heterocycles. The summed E-state index contributed by atoms with van der Waals surface area (Å²) >= 11 is 3.55. The maximum Gasteiger partial charge on any atom is 0.157 e. The lowest BCUT2D eigenvalue weighted by Crippen LogP contribution is -1.98. The molecule has 31 heavy (non-hydrogen) atoms. The first-order valence-electron chi connectivity index (χ1n) is 9.68. The quantitative estimate of drug-likeness (QED) is 0.284. The molecule has 0 aliphatic carbocycles. The van der Waals surface area contributed by atoms with E-state index in [1.807, 2.05) is 77.2 Å². The zero-order valence-electron chi connectivity index (χ0n) is 16.3. The van der Waals surface area contributed by atoms with Crippen LogP contribution in [-0.4, -0.2) is 9.38 Å². The number of aromatic nitrogens is 2. The number of halogens is 2. The van der Waals surface area contributed by atoms with Crippen LogP contribution in [0.25, 0.3) is 40.1 Å². The van der Waals surface area contributed by atoms with Crippen molar-refractivity contribution in [2.45, 2.75) is 0 Å². The Morgan fingerprint density at radius 1 is 0.903 bits per heavy atom. The number of fused-ring (bicyclic) bond motifs is 3. The highest BCUT2D eigenvalue weighted by molar-refractivity contribution is 9.10. The molecule has 5 heteroatoms. The van der Waals surface area contributed by atoms with Gasteiger partial charge < -0.3 is 0 Å². The fourth-order valence-corrected chi connectivity index (χ4v) is 4.16. The van der Waals surface area contributed by atoms with Crippen LogP contribution in [0.5, 0.6) is 0 Å². The van der Waals surface area contributed by atoms with Crippen LogP contribution in [0.1, 0.15) is 16.7 Å². The molecule has 0 radical (unpaired) electrons. The van der Waals surface area contributed by atoms with Gasteiger partial charge in [0, 0.05) is 10.0 Å². The molecule has 3 aromatic carbocycles. The predicted octanol–water partition coefficient (Wildman–Crippen LogP) is 7.10. The van der Waals surface area contributed by atoms with Crippen molar-refractivity contribution in [1.82, 2.24) is 9.38 Å². The van der Waals surface area contributed by atoms with E-state index in [-0.39, 0.29) is 5.82 Å². The second-order valence-electron chi connectivity index (χ2n) is 7.10. The Balaban J connectivity index is 1.84. The summed E-state index contributed by atoms with van der Waals surface area (Å²) in [6.45, 7) is 0. The van der Waals surface area contributed by atoms with Crippen LogP contribution in [0.4, 0.5) is 4.39 Å². The Kier molecular flexibility index (Phi) is 4.85. The van der Waals surface area contributed by atoms with Crippen molar-refractivity contribution in [2.24, 2.45) is 0 Å². The number of rotatable bonds is 3. The van der Waals surface area contributed by atoms with Gasteiger partial charge in [-0.1, -0.05) is 70.5 Å². The van der Waals surface area contributed by atoms with E-state index in [1.165, 1.54) is 12.1 Å². The van der Waals surface area contributed by atoms with E-state index in [0.29, 0.717) is 16.8 Å². The van der Waals surface area contributed by atoms with Gasteiger partial charge in [-0.2, -0.15) is 5.26 Å². The minimum Gasteiger partial charge on any atom is -0.291 e. The molecule has 0 saturated heterocycles. The molecule has 0 bridgehead atoms. The summed E-state index contributed by atoms with van der Waals surface area (Å²) in [6, 6.07) is 26.3. The predicted molar refractivity (Wildman–Crippen MR) is 126 cm³/mol. The van der Waals surface area contributed by atoms with E-state index in [1.54, 1.807) is 6.07 Å². The highest BCUT2D eigenvalue weighted by atomic mass is 79.9. The van der Waals surface area contributed by atoms with Gasteiger partial charge in [0.05, 0.1) is 16.7 Å². The van der Waals surface area contributed by atoms with Crippen LogP contribution in [0.15, 0.2) is 83.3 Å². The number of imidazole rings is 1. The van der Waals surface area contributed by atoms with Crippen LogP contribution in [0.3, 0.4) is 0 Å². The summed E-state index contributed by atoms with van der Waals surface area (Å²) in [7, 11) is 0. The molecule has 0 amide bonds. The SMILES string of the molecule is N#Cc1c(C=Cc2ccccc2Br)cc(-c2cccc(F)c2)n2c1nc1ccccc12. The van der Waals surface area contributed by atoms with Crippen molar-refractivity contribution in [3.8, 4) is 17.3 Å². The van der Waals surface area contributed by atoms with Crippen molar-refractivity contribution in [2.75, 3.05) is 0 Å². The molecule has 3 nitrogen and oxygen atoms in total. The van der Waals surface area contributed by atoms with Gasteiger partial charge in [0.2, 0.25) is 0 Å². The van der Waals surface area contributed by atoms with E-state index in [0.717, 1.165) is 32.3 Å². The van der Waals surface area contributed by atoms with Gasteiger partial charge >= 0.3 is 0 Å².